The first kappa shape index (κ1) is 16.0. The van der Waals surface area contributed by atoms with Crippen LogP contribution in [0.3, 0.4) is 0 Å². The van der Waals surface area contributed by atoms with Crippen LogP contribution < -0.4 is 4.90 Å². The standard InChI is InChI=1S/C16H14N4O3S2/c21-15(13-5-6-14(24-13)20(22)23)18-7-9-19(10-8-18)16-17-11-3-1-2-4-12(11)25-16/h1-6H,7-10H2. The van der Waals surface area contributed by atoms with Crippen molar-refractivity contribution >= 4 is 48.9 Å². The lowest BCUT2D eigenvalue weighted by molar-refractivity contribution is -0.380. The molecule has 0 N–H and O–H groups in total. The monoisotopic (exact) mass is 374 g/mol. The molecule has 0 bridgehead atoms. The van der Waals surface area contributed by atoms with Crippen molar-refractivity contribution in [3.8, 4) is 0 Å². The fourth-order valence-corrected chi connectivity index (χ4v) is 4.60. The molecule has 3 aromatic rings. The minimum Gasteiger partial charge on any atom is -0.345 e. The number of thiazole rings is 1. The maximum atomic E-state index is 12.5. The van der Waals surface area contributed by atoms with Gasteiger partial charge in [0.2, 0.25) is 0 Å². The van der Waals surface area contributed by atoms with Crippen molar-refractivity contribution < 1.29 is 9.72 Å². The largest absolute Gasteiger partial charge is 0.345 e. The fourth-order valence-electron chi connectivity index (χ4n) is 2.79. The van der Waals surface area contributed by atoms with Gasteiger partial charge in [-0.1, -0.05) is 34.8 Å². The van der Waals surface area contributed by atoms with E-state index in [0.29, 0.717) is 31.1 Å². The molecular formula is C16H14N4O3S2. The van der Waals surface area contributed by atoms with Crippen LogP contribution in [0, 0.1) is 10.1 Å². The Morgan fingerprint density at radius 2 is 1.84 bits per heavy atom. The minimum atomic E-state index is -0.466. The van der Waals surface area contributed by atoms with Gasteiger partial charge in [-0.15, -0.1) is 0 Å². The Hall–Kier alpha value is -2.52. The molecule has 4 rings (SSSR count). The molecule has 1 saturated heterocycles. The van der Waals surface area contributed by atoms with Gasteiger partial charge in [0.15, 0.2) is 5.13 Å². The number of hydrogen-bond acceptors (Lipinski definition) is 7. The average Bonchev–Trinajstić information content (AvgIpc) is 3.28. The number of aromatic nitrogens is 1. The van der Waals surface area contributed by atoms with Crippen molar-refractivity contribution in [2.24, 2.45) is 0 Å². The molecule has 128 valence electrons. The van der Waals surface area contributed by atoms with Gasteiger partial charge in [0.05, 0.1) is 20.0 Å². The Morgan fingerprint density at radius 1 is 1.08 bits per heavy atom. The molecular weight excluding hydrogens is 360 g/mol. The summed E-state index contributed by atoms with van der Waals surface area (Å²) in [5, 5.41) is 11.7. The Balaban J connectivity index is 1.43. The lowest BCUT2D eigenvalue weighted by atomic mass is 10.3. The quantitative estimate of drug-likeness (QED) is 0.519. The van der Waals surface area contributed by atoms with E-state index in [-0.39, 0.29) is 10.9 Å². The number of rotatable bonds is 3. The van der Waals surface area contributed by atoms with Gasteiger partial charge < -0.3 is 9.80 Å². The zero-order valence-corrected chi connectivity index (χ0v) is 14.8. The van der Waals surface area contributed by atoms with E-state index in [4.69, 9.17) is 0 Å². The number of hydrogen-bond donors (Lipinski definition) is 0. The number of benzene rings is 1. The fraction of sp³-hybridized carbons (Fsp3) is 0.250. The lowest BCUT2D eigenvalue weighted by Gasteiger charge is -2.34. The van der Waals surface area contributed by atoms with Crippen molar-refractivity contribution in [1.29, 1.82) is 0 Å². The predicted octanol–water partition coefficient (Wildman–Crippen LogP) is 3.23. The second-order valence-corrected chi connectivity index (χ2v) is 7.71. The van der Waals surface area contributed by atoms with Crippen LogP contribution >= 0.6 is 22.7 Å². The van der Waals surface area contributed by atoms with Crippen LogP contribution in [-0.2, 0) is 0 Å². The van der Waals surface area contributed by atoms with Gasteiger partial charge >= 0.3 is 5.00 Å². The summed E-state index contributed by atoms with van der Waals surface area (Å²) in [5.41, 5.74) is 0.993. The second kappa shape index (κ2) is 6.41. The van der Waals surface area contributed by atoms with Crippen LogP contribution in [-0.4, -0.2) is 46.9 Å². The SMILES string of the molecule is O=C(c1ccc([N+](=O)[O-])s1)N1CCN(c2nc3ccccc3s2)CC1. The van der Waals surface area contributed by atoms with Gasteiger partial charge in [-0.25, -0.2) is 4.98 Å². The Bertz CT molecular complexity index is 911. The number of carbonyl (C=O) groups excluding carboxylic acids is 1. The summed E-state index contributed by atoms with van der Waals surface area (Å²) in [7, 11) is 0. The van der Waals surface area contributed by atoms with E-state index < -0.39 is 4.92 Å². The highest BCUT2D eigenvalue weighted by molar-refractivity contribution is 7.22. The molecule has 1 aromatic carbocycles. The number of nitro groups is 1. The zero-order valence-electron chi connectivity index (χ0n) is 13.1. The van der Waals surface area contributed by atoms with E-state index in [0.717, 1.165) is 26.7 Å². The molecule has 1 aliphatic heterocycles. The highest BCUT2D eigenvalue weighted by atomic mass is 32.1. The van der Waals surface area contributed by atoms with Gasteiger partial charge in [0.1, 0.15) is 0 Å². The molecule has 1 amide bonds. The summed E-state index contributed by atoms with van der Waals surface area (Å²) >= 11 is 2.58. The maximum Gasteiger partial charge on any atom is 0.324 e. The first-order valence-corrected chi connectivity index (χ1v) is 9.39. The van der Waals surface area contributed by atoms with E-state index in [1.54, 1.807) is 16.2 Å². The van der Waals surface area contributed by atoms with Gasteiger partial charge in [-0.3, -0.25) is 14.9 Å². The third-order valence-corrected chi connectivity index (χ3v) is 6.22. The Morgan fingerprint density at radius 3 is 2.52 bits per heavy atom. The molecule has 0 saturated carbocycles. The molecule has 1 fully saturated rings. The van der Waals surface area contributed by atoms with Crippen molar-refractivity contribution in [3.63, 3.8) is 0 Å². The number of anilines is 1. The molecule has 7 nitrogen and oxygen atoms in total. The van der Waals surface area contributed by atoms with Gasteiger partial charge in [0.25, 0.3) is 5.91 Å². The summed E-state index contributed by atoms with van der Waals surface area (Å²) in [6.45, 7) is 2.58. The number of thiophene rings is 1. The molecule has 0 unspecified atom stereocenters. The third kappa shape index (κ3) is 3.08. The Kier molecular flexibility index (Phi) is 4.10. The van der Waals surface area contributed by atoms with E-state index in [2.05, 4.69) is 16.0 Å². The summed E-state index contributed by atoms with van der Waals surface area (Å²) in [4.78, 5) is 31.8. The normalized spacial score (nSPS) is 14.9. The predicted molar refractivity (Wildman–Crippen MR) is 98.7 cm³/mol. The topological polar surface area (TPSA) is 79.6 Å². The molecule has 2 aromatic heterocycles. The van der Waals surface area contributed by atoms with Crippen molar-refractivity contribution in [2.45, 2.75) is 0 Å². The minimum absolute atomic E-state index is 0.00328. The number of nitrogens with zero attached hydrogens (tertiary/aromatic N) is 4. The first-order valence-electron chi connectivity index (χ1n) is 7.76. The number of fused-ring (bicyclic) bond motifs is 1. The molecule has 0 aliphatic carbocycles. The summed E-state index contributed by atoms with van der Waals surface area (Å²) < 4.78 is 1.15. The summed E-state index contributed by atoms with van der Waals surface area (Å²) in [6.07, 6.45) is 0. The van der Waals surface area contributed by atoms with Crippen LogP contribution in [0.15, 0.2) is 36.4 Å². The van der Waals surface area contributed by atoms with E-state index in [9.17, 15) is 14.9 Å². The average molecular weight is 374 g/mol. The zero-order chi connectivity index (χ0) is 17.4. The third-order valence-electron chi connectivity index (χ3n) is 4.10. The highest BCUT2D eigenvalue weighted by Gasteiger charge is 2.26. The van der Waals surface area contributed by atoms with Crippen LogP contribution in [0.25, 0.3) is 10.2 Å². The molecule has 3 heterocycles. The molecule has 0 spiro atoms. The van der Waals surface area contributed by atoms with Crippen LogP contribution in [0.2, 0.25) is 0 Å². The number of para-hydroxylation sites is 1. The van der Waals surface area contributed by atoms with Crippen LogP contribution in [0.1, 0.15) is 9.67 Å². The lowest BCUT2D eigenvalue weighted by Crippen LogP contribution is -2.48. The van der Waals surface area contributed by atoms with Crippen molar-refractivity contribution in [2.75, 3.05) is 31.1 Å². The van der Waals surface area contributed by atoms with Crippen molar-refractivity contribution in [3.05, 3.63) is 51.4 Å². The smallest absolute Gasteiger partial charge is 0.324 e. The first-order chi connectivity index (χ1) is 12.1. The summed E-state index contributed by atoms with van der Waals surface area (Å²) in [5.74, 6) is -0.137. The van der Waals surface area contributed by atoms with E-state index in [1.165, 1.54) is 12.1 Å². The summed E-state index contributed by atoms with van der Waals surface area (Å²) in [6, 6.07) is 10.9. The maximum absolute atomic E-state index is 12.5. The molecule has 1 aliphatic rings. The van der Waals surface area contributed by atoms with Gasteiger partial charge in [0, 0.05) is 32.2 Å². The molecule has 9 heteroatoms. The number of piperazine rings is 1. The highest BCUT2D eigenvalue weighted by Crippen LogP contribution is 2.30. The second-order valence-electron chi connectivity index (χ2n) is 5.64. The van der Waals surface area contributed by atoms with Gasteiger partial charge in [-0.2, -0.15) is 0 Å². The van der Waals surface area contributed by atoms with Crippen LogP contribution in [0.5, 0.6) is 0 Å². The van der Waals surface area contributed by atoms with Crippen LogP contribution in [0.4, 0.5) is 10.1 Å². The molecule has 0 radical (unpaired) electrons. The molecule has 0 atom stereocenters. The molecule has 25 heavy (non-hydrogen) atoms. The van der Waals surface area contributed by atoms with E-state index in [1.807, 2.05) is 18.2 Å². The van der Waals surface area contributed by atoms with E-state index >= 15 is 0 Å². The number of amides is 1. The Labute approximate surface area is 151 Å². The van der Waals surface area contributed by atoms with Gasteiger partial charge in [-0.05, 0) is 18.2 Å². The number of carbonyl (C=O) groups is 1. The van der Waals surface area contributed by atoms with Crippen molar-refractivity contribution in [1.82, 2.24) is 9.88 Å².